The van der Waals surface area contributed by atoms with E-state index in [1.807, 2.05) is 17.0 Å². The molecule has 2 unspecified atom stereocenters. The molecule has 1 saturated heterocycles. The molecule has 5 heteroatoms. The van der Waals surface area contributed by atoms with Crippen LogP contribution >= 0.6 is 0 Å². The number of hydrogen-bond acceptors (Lipinski definition) is 3. The zero-order valence-corrected chi connectivity index (χ0v) is 12.3. The Labute approximate surface area is 124 Å². The van der Waals surface area contributed by atoms with Crippen molar-refractivity contribution in [1.82, 2.24) is 4.90 Å². The van der Waals surface area contributed by atoms with Crippen LogP contribution in [0.4, 0.5) is 0 Å². The molecular weight excluding hydrogens is 268 g/mol. The minimum Gasteiger partial charge on any atom is -0.480 e. The van der Waals surface area contributed by atoms with E-state index < -0.39 is 17.9 Å². The minimum atomic E-state index is -0.787. The molecule has 3 N–H and O–H groups in total. The highest BCUT2D eigenvalue weighted by molar-refractivity contribution is 5.94. The van der Waals surface area contributed by atoms with E-state index in [0.717, 1.165) is 24.9 Å². The predicted octanol–water partition coefficient (Wildman–Crippen LogP) is 1.86. The number of aliphatic carboxylic acids is 1. The molecule has 0 spiro atoms. The SMILES string of the molecule is CCC1CCN(Cc2ccccc2C(N)=O)C(C(=O)O)C1. The quantitative estimate of drug-likeness (QED) is 0.867. The molecule has 1 fully saturated rings. The van der Waals surface area contributed by atoms with Gasteiger partial charge in [0, 0.05) is 12.1 Å². The normalized spacial score (nSPS) is 22.9. The Morgan fingerprint density at radius 3 is 2.71 bits per heavy atom. The Kier molecular flexibility index (Phi) is 4.96. The average Bonchev–Trinajstić information content (AvgIpc) is 2.47. The van der Waals surface area contributed by atoms with Gasteiger partial charge >= 0.3 is 5.97 Å². The summed E-state index contributed by atoms with van der Waals surface area (Å²) in [4.78, 5) is 24.9. The first-order chi connectivity index (χ1) is 10.0. The number of carbonyl (C=O) groups is 2. The first-order valence-electron chi connectivity index (χ1n) is 7.37. The van der Waals surface area contributed by atoms with Crippen LogP contribution in [0, 0.1) is 5.92 Å². The van der Waals surface area contributed by atoms with Crippen LogP contribution in [0.3, 0.4) is 0 Å². The second kappa shape index (κ2) is 6.72. The van der Waals surface area contributed by atoms with E-state index in [0.29, 0.717) is 24.4 Å². The fraction of sp³-hybridized carbons (Fsp3) is 0.500. The molecule has 1 amide bonds. The number of carboxylic acid groups (broad SMARTS) is 1. The lowest BCUT2D eigenvalue weighted by Crippen LogP contribution is -2.46. The molecule has 2 rings (SSSR count). The van der Waals surface area contributed by atoms with Crippen molar-refractivity contribution in [1.29, 1.82) is 0 Å². The van der Waals surface area contributed by atoms with Crippen molar-refractivity contribution in [2.45, 2.75) is 38.8 Å². The highest BCUT2D eigenvalue weighted by atomic mass is 16.4. The van der Waals surface area contributed by atoms with E-state index in [4.69, 9.17) is 5.73 Å². The van der Waals surface area contributed by atoms with Crippen LogP contribution in [-0.4, -0.2) is 34.5 Å². The molecule has 0 radical (unpaired) electrons. The predicted molar refractivity (Wildman–Crippen MR) is 79.8 cm³/mol. The van der Waals surface area contributed by atoms with Gasteiger partial charge in [-0.2, -0.15) is 0 Å². The smallest absolute Gasteiger partial charge is 0.320 e. The summed E-state index contributed by atoms with van der Waals surface area (Å²) in [6.45, 7) is 3.29. The summed E-state index contributed by atoms with van der Waals surface area (Å²) < 4.78 is 0. The van der Waals surface area contributed by atoms with Gasteiger partial charge in [-0.25, -0.2) is 0 Å². The maximum absolute atomic E-state index is 11.5. The Morgan fingerprint density at radius 2 is 2.10 bits per heavy atom. The molecule has 0 aromatic heterocycles. The van der Waals surface area contributed by atoms with Gasteiger partial charge in [-0.15, -0.1) is 0 Å². The van der Waals surface area contributed by atoms with Crippen LogP contribution < -0.4 is 5.73 Å². The van der Waals surface area contributed by atoms with Crippen LogP contribution in [0.25, 0.3) is 0 Å². The van der Waals surface area contributed by atoms with Crippen molar-refractivity contribution in [3.63, 3.8) is 0 Å². The largest absolute Gasteiger partial charge is 0.480 e. The van der Waals surface area contributed by atoms with Crippen LogP contribution in [0.5, 0.6) is 0 Å². The van der Waals surface area contributed by atoms with E-state index in [1.165, 1.54) is 0 Å². The number of amides is 1. The first kappa shape index (κ1) is 15.5. The third-order valence-electron chi connectivity index (χ3n) is 4.34. The summed E-state index contributed by atoms with van der Waals surface area (Å²) in [6, 6.07) is 6.65. The van der Waals surface area contributed by atoms with Gasteiger partial charge in [0.05, 0.1) is 0 Å². The zero-order valence-electron chi connectivity index (χ0n) is 12.3. The molecule has 0 aliphatic carbocycles. The van der Waals surface area contributed by atoms with Crippen LogP contribution in [-0.2, 0) is 11.3 Å². The molecular formula is C16H22N2O3. The molecule has 114 valence electrons. The second-order valence-corrected chi connectivity index (χ2v) is 5.64. The number of nitrogens with zero attached hydrogens (tertiary/aromatic N) is 1. The standard InChI is InChI=1S/C16H22N2O3/c1-2-11-7-8-18(14(9-11)16(20)21)10-12-5-3-4-6-13(12)15(17)19/h3-6,11,14H,2,7-10H2,1H3,(H2,17,19)(H,20,21). The molecule has 21 heavy (non-hydrogen) atoms. The van der Waals surface area contributed by atoms with Crippen molar-refractivity contribution < 1.29 is 14.7 Å². The van der Waals surface area contributed by atoms with Gasteiger partial charge < -0.3 is 10.8 Å². The molecule has 2 atom stereocenters. The third kappa shape index (κ3) is 3.61. The van der Waals surface area contributed by atoms with E-state index in [9.17, 15) is 14.7 Å². The molecule has 1 heterocycles. The highest BCUT2D eigenvalue weighted by Crippen LogP contribution is 2.27. The number of piperidine rings is 1. The summed E-state index contributed by atoms with van der Waals surface area (Å²) in [5.74, 6) is -0.792. The molecule has 1 aliphatic rings. The number of likely N-dealkylation sites (tertiary alicyclic amines) is 1. The lowest BCUT2D eigenvalue weighted by molar-refractivity contribution is -0.145. The van der Waals surface area contributed by atoms with Crippen molar-refractivity contribution in [2.75, 3.05) is 6.54 Å². The molecule has 1 aliphatic heterocycles. The Balaban J connectivity index is 2.18. The van der Waals surface area contributed by atoms with Gasteiger partial charge in [-0.1, -0.05) is 31.5 Å². The third-order valence-corrected chi connectivity index (χ3v) is 4.34. The van der Waals surface area contributed by atoms with Crippen molar-refractivity contribution in [2.24, 2.45) is 11.7 Å². The Hall–Kier alpha value is -1.88. The van der Waals surface area contributed by atoms with E-state index >= 15 is 0 Å². The monoisotopic (exact) mass is 290 g/mol. The average molecular weight is 290 g/mol. The number of benzene rings is 1. The van der Waals surface area contributed by atoms with Crippen LogP contribution in [0.1, 0.15) is 42.1 Å². The van der Waals surface area contributed by atoms with Crippen LogP contribution in [0.2, 0.25) is 0 Å². The van der Waals surface area contributed by atoms with E-state index in [1.54, 1.807) is 12.1 Å². The van der Waals surface area contributed by atoms with Gasteiger partial charge in [0.2, 0.25) is 5.91 Å². The highest BCUT2D eigenvalue weighted by Gasteiger charge is 2.32. The number of rotatable bonds is 5. The fourth-order valence-electron chi connectivity index (χ4n) is 3.02. The van der Waals surface area contributed by atoms with Gasteiger partial charge in [0.25, 0.3) is 0 Å². The Morgan fingerprint density at radius 1 is 1.38 bits per heavy atom. The van der Waals surface area contributed by atoms with E-state index in [2.05, 4.69) is 6.92 Å². The van der Waals surface area contributed by atoms with Crippen LogP contribution in [0.15, 0.2) is 24.3 Å². The topological polar surface area (TPSA) is 83.6 Å². The summed E-state index contributed by atoms with van der Waals surface area (Å²) in [6.07, 6.45) is 2.68. The molecule has 0 bridgehead atoms. The first-order valence-corrected chi connectivity index (χ1v) is 7.37. The second-order valence-electron chi connectivity index (χ2n) is 5.64. The molecule has 0 saturated carbocycles. The number of hydrogen-bond donors (Lipinski definition) is 2. The number of carboxylic acids is 1. The minimum absolute atomic E-state index is 0.451. The molecule has 1 aromatic carbocycles. The summed E-state index contributed by atoms with van der Waals surface area (Å²) >= 11 is 0. The lowest BCUT2D eigenvalue weighted by Gasteiger charge is -2.37. The van der Waals surface area contributed by atoms with Crippen molar-refractivity contribution in [3.8, 4) is 0 Å². The van der Waals surface area contributed by atoms with Gasteiger partial charge in [0.1, 0.15) is 6.04 Å². The molecule has 1 aromatic rings. The lowest BCUT2D eigenvalue weighted by atomic mass is 9.88. The van der Waals surface area contributed by atoms with E-state index in [-0.39, 0.29) is 0 Å². The van der Waals surface area contributed by atoms with Gasteiger partial charge in [-0.3, -0.25) is 14.5 Å². The number of nitrogens with two attached hydrogens (primary N) is 1. The fourth-order valence-corrected chi connectivity index (χ4v) is 3.02. The maximum Gasteiger partial charge on any atom is 0.320 e. The summed E-state index contributed by atoms with van der Waals surface area (Å²) in [7, 11) is 0. The Bertz CT molecular complexity index is 530. The van der Waals surface area contributed by atoms with Crippen molar-refractivity contribution in [3.05, 3.63) is 35.4 Å². The summed E-state index contributed by atoms with van der Waals surface area (Å²) in [5, 5.41) is 9.45. The zero-order chi connectivity index (χ0) is 15.4. The maximum atomic E-state index is 11.5. The summed E-state index contributed by atoms with van der Waals surface area (Å²) in [5.41, 5.74) is 6.65. The van der Waals surface area contributed by atoms with Crippen molar-refractivity contribution >= 4 is 11.9 Å². The number of carbonyl (C=O) groups excluding carboxylic acids is 1. The van der Waals surface area contributed by atoms with Gasteiger partial charge in [-0.05, 0) is 36.9 Å². The molecule has 5 nitrogen and oxygen atoms in total. The van der Waals surface area contributed by atoms with Gasteiger partial charge in [0.15, 0.2) is 0 Å². The number of primary amides is 1.